The molecule has 0 spiro atoms. The molecule has 0 aliphatic rings. The Hall–Kier alpha value is -2.56. The number of ether oxygens (including phenoxy) is 3. The molecule has 0 bridgehead atoms. The minimum atomic E-state index is -4.75. The molecule has 0 aromatic rings. The lowest BCUT2D eigenvalue weighted by molar-refractivity contribution is -0.161. The van der Waals surface area contributed by atoms with Crippen LogP contribution in [0, 0.1) is 0 Å². The first kappa shape index (κ1) is 73.4. The highest BCUT2D eigenvalue weighted by Crippen LogP contribution is 2.43. The van der Waals surface area contributed by atoms with E-state index in [4.69, 9.17) is 23.3 Å². The molecule has 0 saturated carbocycles. The zero-order valence-electron chi connectivity index (χ0n) is 49.2. The molecular formula is C64H117O11P. The number of aliphatic hydroxyl groups is 1. The van der Waals surface area contributed by atoms with Gasteiger partial charge in [0.1, 0.15) is 12.7 Å². The van der Waals surface area contributed by atoms with E-state index in [1.165, 1.54) is 135 Å². The van der Waals surface area contributed by atoms with Crippen molar-refractivity contribution in [3.05, 3.63) is 48.6 Å². The van der Waals surface area contributed by atoms with Gasteiger partial charge in [0, 0.05) is 19.3 Å². The molecule has 0 aromatic carbocycles. The van der Waals surface area contributed by atoms with E-state index in [0.29, 0.717) is 19.3 Å². The second kappa shape index (κ2) is 58.6. The molecule has 0 amide bonds. The van der Waals surface area contributed by atoms with E-state index in [9.17, 15) is 28.9 Å². The van der Waals surface area contributed by atoms with Crippen LogP contribution in [0.25, 0.3) is 0 Å². The summed E-state index contributed by atoms with van der Waals surface area (Å²) in [6.45, 7) is 4.56. The van der Waals surface area contributed by atoms with Crippen LogP contribution in [0.15, 0.2) is 48.6 Å². The van der Waals surface area contributed by atoms with Gasteiger partial charge in [-0.15, -0.1) is 0 Å². The number of carbonyl (C=O) groups is 3. The van der Waals surface area contributed by atoms with Crippen LogP contribution in [0.4, 0.5) is 0 Å². The first-order valence-corrected chi connectivity index (χ1v) is 33.0. The van der Waals surface area contributed by atoms with Crippen LogP contribution in [-0.2, 0) is 42.2 Å². The van der Waals surface area contributed by atoms with Crippen LogP contribution in [0.5, 0.6) is 0 Å². The topological polar surface area (TPSA) is 155 Å². The van der Waals surface area contributed by atoms with Crippen molar-refractivity contribution in [3.63, 3.8) is 0 Å². The number of aliphatic hydroxyl groups excluding tert-OH is 1. The second-order valence-electron chi connectivity index (χ2n) is 21.2. The van der Waals surface area contributed by atoms with Gasteiger partial charge in [0.05, 0.1) is 19.8 Å². The third-order valence-corrected chi connectivity index (χ3v) is 14.7. The Balaban J connectivity index is 4.69. The Morgan fingerprint density at radius 3 is 1.07 bits per heavy atom. The number of phosphoric ester groups is 1. The molecule has 0 saturated heterocycles. The summed E-state index contributed by atoms with van der Waals surface area (Å²) < 4.78 is 39.6. The lowest BCUT2D eigenvalue weighted by Crippen LogP contribution is -2.30. The van der Waals surface area contributed by atoms with Crippen molar-refractivity contribution in [2.45, 2.75) is 315 Å². The molecule has 0 heterocycles. The molecule has 3 atom stereocenters. The molecule has 0 fully saturated rings. The molecule has 0 aliphatic heterocycles. The molecule has 12 heteroatoms. The van der Waals surface area contributed by atoms with E-state index in [1.807, 2.05) is 0 Å². The first-order valence-electron chi connectivity index (χ1n) is 31.5. The number of phosphoric acid groups is 1. The zero-order valence-corrected chi connectivity index (χ0v) is 50.1. The molecular weight excluding hydrogens is 976 g/mol. The normalized spacial score (nSPS) is 13.6. The lowest BCUT2D eigenvalue weighted by Gasteiger charge is -2.21. The van der Waals surface area contributed by atoms with Gasteiger partial charge in [-0.05, 0) is 77.0 Å². The Morgan fingerprint density at radius 2 is 0.684 bits per heavy atom. The van der Waals surface area contributed by atoms with Crippen molar-refractivity contribution in [3.8, 4) is 0 Å². The predicted molar refractivity (Wildman–Crippen MR) is 316 cm³/mol. The number of hydrogen-bond donors (Lipinski definition) is 2. The Kier molecular flexibility index (Phi) is 56.6. The molecule has 0 aliphatic carbocycles. The number of rotatable bonds is 59. The second-order valence-corrected chi connectivity index (χ2v) is 22.7. The van der Waals surface area contributed by atoms with Crippen molar-refractivity contribution in [2.75, 3.05) is 26.4 Å². The molecule has 444 valence electrons. The predicted octanol–water partition coefficient (Wildman–Crippen LogP) is 18.9. The highest BCUT2D eigenvalue weighted by Gasteiger charge is 2.28. The summed E-state index contributed by atoms with van der Waals surface area (Å²) in [7, 11) is -4.75. The Labute approximate surface area is 466 Å². The third kappa shape index (κ3) is 56.2. The summed E-state index contributed by atoms with van der Waals surface area (Å²) in [6.07, 6.45) is 63.5. The Morgan fingerprint density at radius 1 is 0.382 bits per heavy atom. The van der Waals surface area contributed by atoms with E-state index in [2.05, 4.69) is 69.4 Å². The zero-order chi connectivity index (χ0) is 55.5. The first-order chi connectivity index (χ1) is 37.2. The van der Waals surface area contributed by atoms with Gasteiger partial charge in [-0.1, -0.05) is 256 Å². The highest BCUT2D eigenvalue weighted by atomic mass is 31.2. The standard InChI is InChI=1S/C64H117O11P/c1-4-7-10-13-16-19-22-25-28-29-30-31-34-37-40-43-46-49-52-55-64(68)75-61(57-71-62(66)53-50-47-44-41-38-35-32-26-23-20-17-14-11-8-5-2)59-73-76(69,70)72-58-60(56-65)74-63(67)54-51-48-45-42-39-36-33-27-24-21-18-15-12-9-6-3/h9,12,18,21,26-27,32-33,60-61,65H,4-8,10-11,13-17,19-20,22-25,28-31,34-59H2,1-3H3,(H,69,70)/b12-9-,21-18-,32-26-,33-27-. The fourth-order valence-corrected chi connectivity index (χ4v) is 9.74. The SMILES string of the molecule is CC/C=C\C/C=C\C/C=C\CCCCCCCC(=O)OC(CO)COP(=O)(O)OCC(COC(=O)CCCCCCC/C=C\CCCCCCCC)OC(=O)CCCCCCCCCCCCCCCCCCCCC. The summed E-state index contributed by atoms with van der Waals surface area (Å²) in [5.41, 5.74) is 0. The Bertz CT molecular complexity index is 1460. The van der Waals surface area contributed by atoms with Gasteiger partial charge in [0.15, 0.2) is 6.10 Å². The van der Waals surface area contributed by atoms with Gasteiger partial charge in [0.2, 0.25) is 0 Å². The monoisotopic (exact) mass is 1090 g/mol. The van der Waals surface area contributed by atoms with E-state index in [0.717, 1.165) is 109 Å². The van der Waals surface area contributed by atoms with Crippen molar-refractivity contribution in [1.82, 2.24) is 0 Å². The van der Waals surface area contributed by atoms with Crippen molar-refractivity contribution in [2.24, 2.45) is 0 Å². The number of carbonyl (C=O) groups excluding carboxylic acids is 3. The van der Waals surface area contributed by atoms with Gasteiger partial charge in [-0.2, -0.15) is 0 Å². The number of unbranched alkanes of at least 4 members (excludes halogenated alkanes) is 34. The maximum absolute atomic E-state index is 12.9. The molecule has 0 aromatic heterocycles. The fourth-order valence-electron chi connectivity index (χ4n) is 8.96. The van der Waals surface area contributed by atoms with Gasteiger partial charge in [-0.3, -0.25) is 23.4 Å². The van der Waals surface area contributed by atoms with E-state index in [-0.39, 0.29) is 25.9 Å². The largest absolute Gasteiger partial charge is 0.472 e. The molecule has 0 radical (unpaired) electrons. The quantitative estimate of drug-likeness (QED) is 0.0197. The molecule has 0 rings (SSSR count). The minimum Gasteiger partial charge on any atom is -0.462 e. The van der Waals surface area contributed by atoms with Crippen LogP contribution < -0.4 is 0 Å². The maximum Gasteiger partial charge on any atom is 0.472 e. The smallest absolute Gasteiger partial charge is 0.462 e. The number of esters is 3. The van der Waals surface area contributed by atoms with Crippen LogP contribution in [0.1, 0.15) is 303 Å². The highest BCUT2D eigenvalue weighted by molar-refractivity contribution is 7.47. The van der Waals surface area contributed by atoms with Crippen LogP contribution in [0.2, 0.25) is 0 Å². The average Bonchev–Trinajstić information content (AvgIpc) is 3.41. The van der Waals surface area contributed by atoms with Gasteiger partial charge in [-0.25, -0.2) is 4.57 Å². The number of hydrogen-bond acceptors (Lipinski definition) is 10. The van der Waals surface area contributed by atoms with Crippen LogP contribution >= 0.6 is 7.82 Å². The van der Waals surface area contributed by atoms with Crippen molar-refractivity contribution < 1.29 is 52.2 Å². The van der Waals surface area contributed by atoms with Gasteiger partial charge >= 0.3 is 25.7 Å². The molecule has 11 nitrogen and oxygen atoms in total. The summed E-state index contributed by atoms with van der Waals surface area (Å²) in [6, 6.07) is 0. The third-order valence-electron chi connectivity index (χ3n) is 13.7. The van der Waals surface area contributed by atoms with E-state index < -0.39 is 57.8 Å². The van der Waals surface area contributed by atoms with E-state index in [1.54, 1.807) is 0 Å². The van der Waals surface area contributed by atoms with Gasteiger partial charge < -0.3 is 24.2 Å². The molecule has 3 unspecified atom stereocenters. The van der Waals surface area contributed by atoms with Crippen LogP contribution in [-0.4, -0.2) is 66.5 Å². The van der Waals surface area contributed by atoms with Gasteiger partial charge in [0.25, 0.3) is 0 Å². The summed E-state index contributed by atoms with van der Waals surface area (Å²) in [5, 5.41) is 9.83. The number of allylic oxidation sites excluding steroid dienone is 8. The lowest BCUT2D eigenvalue weighted by atomic mass is 10.0. The van der Waals surface area contributed by atoms with E-state index >= 15 is 0 Å². The molecule has 2 N–H and O–H groups in total. The fraction of sp³-hybridized carbons (Fsp3) is 0.828. The minimum absolute atomic E-state index is 0.159. The van der Waals surface area contributed by atoms with Crippen LogP contribution in [0.3, 0.4) is 0 Å². The summed E-state index contributed by atoms with van der Waals surface area (Å²) >= 11 is 0. The molecule has 76 heavy (non-hydrogen) atoms. The average molecular weight is 1090 g/mol. The van der Waals surface area contributed by atoms with Crippen molar-refractivity contribution >= 4 is 25.7 Å². The maximum atomic E-state index is 12.9. The summed E-state index contributed by atoms with van der Waals surface area (Å²) in [4.78, 5) is 48.7. The van der Waals surface area contributed by atoms with Crippen molar-refractivity contribution in [1.29, 1.82) is 0 Å². The summed E-state index contributed by atoms with van der Waals surface area (Å²) in [5.74, 6) is -1.47.